The van der Waals surface area contributed by atoms with Crippen molar-refractivity contribution < 1.29 is 11.3 Å². The van der Waals surface area contributed by atoms with E-state index in [0.717, 1.165) is 18.8 Å². The van der Waals surface area contributed by atoms with Gasteiger partial charge in [0.1, 0.15) is 0 Å². The van der Waals surface area contributed by atoms with Crippen LogP contribution in [0.25, 0.3) is 0 Å². The van der Waals surface area contributed by atoms with Crippen LogP contribution < -0.4 is 0 Å². The summed E-state index contributed by atoms with van der Waals surface area (Å²) in [5.74, 6) is 0.697. The summed E-state index contributed by atoms with van der Waals surface area (Å²) in [7, 11) is 0. The molecule has 10 aliphatic heterocycles. The van der Waals surface area contributed by atoms with Crippen LogP contribution in [0.4, 0.5) is 0 Å². The van der Waals surface area contributed by atoms with E-state index in [1.165, 1.54) is 27.3 Å². The number of carbonyl (C=O) groups excluding carboxylic acids is 1. The van der Waals surface area contributed by atoms with E-state index in [2.05, 4.69) is 29.8 Å². The fraction of sp³-hybridized carbons (Fsp3) is 0.938. The summed E-state index contributed by atoms with van der Waals surface area (Å²) >= 11 is 4.44. The number of halogens is 1. The van der Waals surface area contributed by atoms with Crippen LogP contribution in [0.15, 0.2) is 0 Å². The van der Waals surface area contributed by atoms with Gasteiger partial charge in [0.25, 0.3) is 0 Å². The number of ketones is 1. The number of hydrogen-bond acceptors (Lipinski definition) is 1. The molecule has 0 aromatic carbocycles. The zero-order valence-corrected chi connectivity index (χ0v) is 14.2. The Morgan fingerprint density at radius 3 is 2.00 bits per heavy atom. The molecule has 10 fully saturated rings. The van der Waals surface area contributed by atoms with E-state index in [4.69, 9.17) is 0 Å². The Morgan fingerprint density at radius 2 is 1.74 bits per heavy atom. The SMILES string of the molecule is CC[C]12[CH]3[CH]4[C]5(C(C)=O)[C]1(CC)[Fe]34251678[CH]2[CH]1[CH]6[C]7(Br)[CH]28. The average molecular weight is 363 g/mol. The van der Waals surface area contributed by atoms with Gasteiger partial charge < -0.3 is 0 Å². The van der Waals surface area contributed by atoms with E-state index in [-0.39, 0.29) is 0 Å². The fourth-order valence-corrected chi connectivity index (χ4v) is 116. The van der Waals surface area contributed by atoms with Crippen molar-refractivity contribution in [1.29, 1.82) is 0 Å². The molecule has 0 bridgehead atoms. The summed E-state index contributed by atoms with van der Waals surface area (Å²) < 4.78 is 2.52. The third-order valence-corrected chi connectivity index (χ3v) is 69.3. The number of Topliss-reactive ketones (excluding diaryl/α,β-unsaturated/α-hetero) is 1. The van der Waals surface area contributed by atoms with E-state index in [9.17, 15) is 4.79 Å². The maximum atomic E-state index is 13.0. The van der Waals surface area contributed by atoms with Gasteiger partial charge in [-0.05, 0) is 0 Å². The predicted octanol–water partition coefficient (Wildman–Crippen LogP) is 5.20. The van der Waals surface area contributed by atoms with Crippen molar-refractivity contribution >= 4 is 21.7 Å². The van der Waals surface area contributed by atoms with Crippen LogP contribution in [-0.4, -0.2) is 9.01 Å². The molecule has 0 aromatic rings. The number of fused-ring (bicyclic) bond motifs is 10. The van der Waals surface area contributed by atoms with Gasteiger partial charge in [-0.2, -0.15) is 0 Å². The van der Waals surface area contributed by atoms with E-state index < -0.39 is 6.51 Å². The molecule has 0 radical (unpaired) electrons. The van der Waals surface area contributed by atoms with Gasteiger partial charge in [-0.25, -0.2) is 0 Å². The van der Waals surface area contributed by atoms with Gasteiger partial charge in [0.15, 0.2) is 0 Å². The Hall–Kier alpha value is 0.669. The van der Waals surface area contributed by atoms with Gasteiger partial charge in [-0.1, -0.05) is 0 Å². The van der Waals surface area contributed by atoms with Gasteiger partial charge >= 0.3 is 112 Å². The molecule has 10 heterocycles. The maximum absolute atomic E-state index is 13.0. The number of rotatable bonds is 3. The molecule has 104 valence electrons. The second kappa shape index (κ2) is 0.679. The fourth-order valence-electron chi connectivity index (χ4n) is 21.1. The predicted molar refractivity (Wildman–Crippen MR) is 73.5 cm³/mol. The molecule has 9 atom stereocenters. The van der Waals surface area contributed by atoms with Crippen molar-refractivity contribution in [2.75, 3.05) is 0 Å². The second-order valence-corrected chi connectivity index (χ2v) is 36.1. The Kier molecular flexibility index (Phi) is 0.298. The van der Waals surface area contributed by atoms with Crippen molar-refractivity contribution in [3.63, 3.8) is 0 Å². The zero-order valence-electron chi connectivity index (χ0n) is 11.5. The normalized spacial score (nSPS) is 120. The van der Waals surface area contributed by atoms with Gasteiger partial charge in [0.2, 0.25) is 0 Å². The zero-order chi connectivity index (χ0) is 12.8. The van der Waals surface area contributed by atoms with Crippen LogP contribution in [0.5, 0.6) is 0 Å². The first-order chi connectivity index (χ1) is 8.78. The van der Waals surface area contributed by atoms with Crippen LogP contribution in [0.1, 0.15) is 33.6 Å². The molecule has 10 aliphatic rings. The van der Waals surface area contributed by atoms with Crippen molar-refractivity contribution in [3.8, 4) is 0 Å². The van der Waals surface area contributed by atoms with Gasteiger partial charge in [0, 0.05) is 0 Å². The monoisotopic (exact) mass is 362 g/mol. The van der Waals surface area contributed by atoms with Crippen LogP contribution in [0.3, 0.4) is 0 Å². The quantitative estimate of drug-likeness (QED) is 0.498. The van der Waals surface area contributed by atoms with Crippen molar-refractivity contribution in [1.82, 2.24) is 0 Å². The Balaban J connectivity index is 1.75. The van der Waals surface area contributed by atoms with E-state index in [0.29, 0.717) is 17.6 Å². The van der Waals surface area contributed by atoms with Crippen LogP contribution in [0, 0.1) is 0 Å². The van der Waals surface area contributed by atoms with Crippen LogP contribution >= 0.6 is 15.9 Å². The number of carbonyl (C=O) groups is 1. The Morgan fingerprint density at radius 1 is 1.11 bits per heavy atom. The summed E-state index contributed by atoms with van der Waals surface area (Å²) in [6, 6.07) is 0. The van der Waals surface area contributed by atoms with Crippen LogP contribution in [0.2, 0.25) is 41.8 Å². The minimum atomic E-state index is -3.63. The molecule has 0 aliphatic carbocycles. The third-order valence-electron chi connectivity index (χ3n) is 17.2. The van der Waals surface area contributed by atoms with Crippen molar-refractivity contribution in [2.24, 2.45) is 0 Å². The van der Waals surface area contributed by atoms with E-state index >= 15 is 0 Å². The number of hydrogen-bond donors (Lipinski definition) is 0. The summed E-state index contributed by atoms with van der Waals surface area (Å²) in [5.41, 5.74) is 0. The first kappa shape index (κ1) is 8.34. The summed E-state index contributed by atoms with van der Waals surface area (Å²) in [5, 5.41) is 0. The standard InChI is InChI=1S/C11H15O.C5H4Br.Fe/c1-4-9-6-7-11(8(3)12)10(9)5-2;6-5-3-1-2-4-5;/h6-7H,4-5H2,1-3H3;1-4H;. The first-order valence-electron chi connectivity index (χ1n) is 8.18. The van der Waals surface area contributed by atoms with Crippen LogP contribution in [-0.2, 0) is 11.3 Å². The molecular weight excluding hydrogens is 344 g/mol. The summed E-state index contributed by atoms with van der Waals surface area (Å²) in [6.45, 7) is 3.36. The molecule has 9 unspecified atom stereocenters. The minimum absolute atomic E-state index is 0.380. The Labute approximate surface area is 111 Å². The first-order valence-corrected chi connectivity index (χ1v) is 15.0. The van der Waals surface area contributed by atoms with E-state index in [1.54, 1.807) is 0 Å². The van der Waals surface area contributed by atoms with Crippen molar-refractivity contribution in [2.45, 2.75) is 78.7 Å². The molecule has 0 N–H and O–H groups in total. The molecular formula is C16H19BrFeO. The summed E-state index contributed by atoms with van der Waals surface area (Å²) in [6.07, 6.45) is 2.84. The topological polar surface area (TPSA) is 17.1 Å². The van der Waals surface area contributed by atoms with Gasteiger partial charge in [0.05, 0.1) is 0 Å². The molecule has 3 heteroatoms. The molecule has 0 aromatic heterocycles. The Bertz CT molecular complexity index is 1210. The third kappa shape index (κ3) is 0.0730. The molecule has 10 rings (SSSR count). The summed E-state index contributed by atoms with van der Waals surface area (Å²) in [4.78, 5) is 19.9. The molecule has 1 spiro atoms. The molecule has 0 amide bonds. The van der Waals surface area contributed by atoms with Crippen molar-refractivity contribution in [3.05, 3.63) is 0 Å². The average Bonchev–Trinajstić information content (AvgIpc) is 3.32. The second-order valence-electron chi connectivity index (χ2n) is 11.4. The van der Waals surface area contributed by atoms with Gasteiger partial charge in [-0.3, -0.25) is 0 Å². The molecule has 0 saturated carbocycles. The van der Waals surface area contributed by atoms with E-state index in [1.807, 2.05) is 6.92 Å². The number of alkyl halides is 1. The molecule has 19 heavy (non-hydrogen) atoms. The molecule has 1 nitrogen and oxygen atoms in total. The van der Waals surface area contributed by atoms with Gasteiger partial charge in [-0.15, -0.1) is 0 Å². The molecule has 10 saturated heterocycles.